The first-order chi connectivity index (χ1) is 9.11. The number of nitrogens with one attached hydrogen (secondary N) is 2. The molecule has 4 nitrogen and oxygen atoms in total. The van der Waals surface area contributed by atoms with E-state index in [0.29, 0.717) is 6.61 Å². The summed E-state index contributed by atoms with van der Waals surface area (Å²) >= 11 is 0. The quantitative estimate of drug-likeness (QED) is 0.559. The molecule has 0 bridgehead atoms. The summed E-state index contributed by atoms with van der Waals surface area (Å²) in [4.78, 5) is 10.9. The molecule has 4 heteroatoms. The second-order valence-corrected chi connectivity index (χ2v) is 4.42. The van der Waals surface area contributed by atoms with Gasteiger partial charge in [0.15, 0.2) is 0 Å². The van der Waals surface area contributed by atoms with E-state index < -0.39 is 0 Å². The molecule has 0 saturated carbocycles. The molecule has 104 valence electrons. The van der Waals surface area contributed by atoms with Crippen molar-refractivity contribution in [2.75, 3.05) is 25.0 Å². The lowest BCUT2D eigenvalue weighted by Crippen LogP contribution is -2.20. The average Bonchev–Trinajstić information content (AvgIpc) is 2.37. The lowest BCUT2D eigenvalue weighted by atomic mass is 10.3. The maximum atomic E-state index is 10.9. The lowest BCUT2D eigenvalue weighted by Gasteiger charge is -2.10. The van der Waals surface area contributed by atoms with E-state index in [2.05, 4.69) is 24.1 Å². The Morgan fingerprint density at radius 3 is 2.58 bits per heavy atom. The molecule has 1 aromatic carbocycles. The smallest absolute Gasteiger partial charge is 0.221 e. The minimum atomic E-state index is -0.0796. The molecule has 0 heterocycles. The fraction of sp³-hybridized carbons (Fsp3) is 0.400. The van der Waals surface area contributed by atoms with Crippen molar-refractivity contribution in [3.8, 4) is 5.75 Å². The van der Waals surface area contributed by atoms with Gasteiger partial charge < -0.3 is 15.4 Å². The van der Waals surface area contributed by atoms with Crippen LogP contribution in [0.15, 0.2) is 36.4 Å². The van der Waals surface area contributed by atoms with Gasteiger partial charge in [0, 0.05) is 19.2 Å². The number of anilines is 1. The van der Waals surface area contributed by atoms with Crippen LogP contribution in [0, 0.1) is 0 Å². The highest BCUT2D eigenvalue weighted by atomic mass is 16.5. The molecule has 0 aliphatic rings. The fourth-order valence-electron chi connectivity index (χ4n) is 1.52. The molecule has 0 aromatic heterocycles. The van der Waals surface area contributed by atoms with Crippen molar-refractivity contribution in [2.24, 2.45) is 0 Å². The highest BCUT2D eigenvalue weighted by molar-refractivity contribution is 5.88. The van der Waals surface area contributed by atoms with Gasteiger partial charge in [-0.25, -0.2) is 0 Å². The van der Waals surface area contributed by atoms with E-state index in [9.17, 15) is 4.79 Å². The maximum Gasteiger partial charge on any atom is 0.221 e. The van der Waals surface area contributed by atoms with Gasteiger partial charge >= 0.3 is 0 Å². The Hall–Kier alpha value is -1.81. The van der Waals surface area contributed by atoms with Crippen LogP contribution >= 0.6 is 0 Å². The Labute approximate surface area is 114 Å². The molecule has 0 aliphatic carbocycles. The Balaban J connectivity index is 2.33. The second kappa shape index (κ2) is 8.32. The largest absolute Gasteiger partial charge is 0.489 e. The van der Waals surface area contributed by atoms with Crippen LogP contribution in [0.3, 0.4) is 0 Å². The van der Waals surface area contributed by atoms with Crippen LogP contribution in [0.1, 0.15) is 20.3 Å². The zero-order valence-corrected chi connectivity index (χ0v) is 11.7. The second-order valence-electron chi connectivity index (χ2n) is 4.42. The van der Waals surface area contributed by atoms with E-state index in [0.717, 1.165) is 36.5 Å². The number of hydrogen-bond donors (Lipinski definition) is 2. The first-order valence-corrected chi connectivity index (χ1v) is 6.49. The van der Waals surface area contributed by atoms with Crippen LogP contribution < -0.4 is 15.4 Å². The third-order valence-corrected chi connectivity index (χ3v) is 2.42. The molecule has 0 aliphatic heterocycles. The molecule has 0 unspecified atom stereocenters. The zero-order chi connectivity index (χ0) is 14.1. The lowest BCUT2D eigenvalue weighted by molar-refractivity contribution is -0.114. The van der Waals surface area contributed by atoms with E-state index >= 15 is 0 Å². The van der Waals surface area contributed by atoms with Crippen LogP contribution in [-0.4, -0.2) is 25.6 Å². The summed E-state index contributed by atoms with van der Waals surface area (Å²) in [6, 6.07) is 7.29. The van der Waals surface area contributed by atoms with E-state index in [4.69, 9.17) is 4.74 Å². The van der Waals surface area contributed by atoms with Crippen molar-refractivity contribution in [3.05, 3.63) is 36.4 Å². The van der Waals surface area contributed by atoms with Gasteiger partial charge in [-0.05, 0) is 42.8 Å². The maximum absolute atomic E-state index is 10.9. The SMILES string of the molecule is C=C(CNCCC)COc1ccc(NC(C)=O)cc1. The van der Waals surface area contributed by atoms with Crippen LogP contribution in [0.5, 0.6) is 5.75 Å². The van der Waals surface area contributed by atoms with E-state index in [1.165, 1.54) is 6.92 Å². The van der Waals surface area contributed by atoms with Gasteiger partial charge in [-0.1, -0.05) is 13.5 Å². The summed E-state index contributed by atoms with van der Waals surface area (Å²) < 4.78 is 5.61. The van der Waals surface area contributed by atoms with Crippen LogP contribution in [-0.2, 0) is 4.79 Å². The molecule has 0 atom stereocenters. The Bertz CT molecular complexity index is 413. The summed E-state index contributed by atoms with van der Waals surface area (Å²) in [6.07, 6.45) is 1.11. The summed E-state index contributed by atoms with van der Waals surface area (Å²) in [7, 11) is 0. The third kappa shape index (κ3) is 6.62. The minimum Gasteiger partial charge on any atom is -0.489 e. The number of amides is 1. The number of ether oxygens (including phenoxy) is 1. The van der Waals surface area contributed by atoms with Crippen LogP contribution in [0.2, 0.25) is 0 Å². The first-order valence-electron chi connectivity index (χ1n) is 6.49. The van der Waals surface area contributed by atoms with Crippen molar-refractivity contribution < 1.29 is 9.53 Å². The van der Waals surface area contributed by atoms with Crippen molar-refractivity contribution in [3.63, 3.8) is 0 Å². The molecule has 0 fully saturated rings. The van der Waals surface area contributed by atoms with Crippen LogP contribution in [0.25, 0.3) is 0 Å². The highest BCUT2D eigenvalue weighted by Gasteiger charge is 1.99. The van der Waals surface area contributed by atoms with E-state index in [-0.39, 0.29) is 5.91 Å². The number of carbonyl (C=O) groups excluding carboxylic acids is 1. The summed E-state index contributed by atoms with van der Waals surface area (Å²) in [6.45, 7) is 9.83. The standard InChI is InChI=1S/C15H22N2O2/c1-4-9-16-10-12(2)11-19-15-7-5-14(6-8-15)17-13(3)18/h5-8,16H,2,4,9-11H2,1,3H3,(H,17,18). The number of rotatable bonds is 8. The summed E-state index contributed by atoms with van der Waals surface area (Å²) in [5.74, 6) is 0.690. The monoisotopic (exact) mass is 262 g/mol. The fourth-order valence-corrected chi connectivity index (χ4v) is 1.52. The van der Waals surface area contributed by atoms with Crippen molar-refractivity contribution in [1.82, 2.24) is 5.32 Å². The summed E-state index contributed by atoms with van der Waals surface area (Å²) in [5, 5.41) is 5.98. The van der Waals surface area contributed by atoms with Gasteiger partial charge in [-0.15, -0.1) is 0 Å². The molecule has 0 saturated heterocycles. The predicted molar refractivity (Wildman–Crippen MR) is 78.5 cm³/mol. The van der Waals surface area contributed by atoms with Crippen molar-refractivity contribution in [2.45, 2.75) is 20.3 Å². The molecule has 1 rings (SSSR count). The molecule has 1 amide bonds. The van der Waals surface area contributed by atoms with Crippen molar-refractivity contribution in [1.29, 1.82) is 0 Å². The topological polar surface area (TPSA) is 50.4 Å². The predicted octanol–water partition coefficient (Wildman–Crippen LogP) is 2.58. The molecule has 0 spiro atoms. The van der Waals surface area contributed by atoms with E-state index in [1.807, 2.05) is 24.3 Å². The summed E-state index contributed by atoms with van der Waals surface area (Å²) in [5.41, 5.74) is 1.78. The average molecular weight is 262 g/mol. The third-order valence-electron chi connectivity index (χ3n) is 2.42. The van der Waals surface area contributed by atoms with Gasteiger partial charge in [0.25, 0.3) is 0 Å². The normalized spacial score (nSPS) is 10.0. The Morgan fingerprint density at radius 1 is 1.32 bits per heavy atom. The van der Waals surface area contributed by atoms with Gasteiger partial charge in [0.1, 0.15) is 12.4 Å². The molecule has 2 N–H and O–H groups in total. The number of benzene rings is 1. The van der Waals surface area contributed by atoms with Gasteiger partial charge in [0.2, 0.25) is 5.91 Å². The zero-order valence-electron chi connectivity index (χ0n) is 11.7. The van der Waals surface area contributed by atoms with Gasteiger partial charge in [0.05, 0.1) is 0 Å². The van der Waals surface area contributed by atoms with E-state index in [1.54, 1.807) is 0 Å². The molecule has 1 aromatic rings. The Morgan fingerprint density at radius 2 is 2.00 bits per heavy atom. The number of carbonyl (C=O) groups is 1. The molecular weight excluding hydrogens is 240 g/mol. The van der Waals surface area contributed by atoms with Crippen molar-refractivity contribution >= 4 is 11.6 Å². The minimum absolute atomic E-state index is 0.0796. The Kier molecular flexibility index (Phi) is 6.68. The van der Waals surface area contributed by atoms with Gasteiger partial charge in [-0.3, -0.25) is 4.79 Å². The highest BCUT2D eigenvalue weighted by Crippen LogP contribution is 2.16. The molecule has 19 heavy (non-hydrogen) atoms. The molecule has 0 radical (unpaired) electrons. The first kappa shape index (κ1) is 15.2. The van der Waals surface area contributed by atoms with Gasteiger partial charge in [-0.2, -0.15) is 0 Å². The number of hydrogen-bond acceptors (Lipinski definition) is 3. The van der Waals surface area contributed by atoms with Crippen LogP contribution in [0.4, 0.5) is 5.69 Å². The molecular formula is C15H22N2O2.